The number of carboxylic acid groups (broad SMARTS) is 1. The molecule has 5 heteroatoms. The van der Waals surface area contributed by atoms with E-state index in [1.165, 1.54) is 19.4 Å². The Bertz CT molecular complexity index is 645. The number of carbonyl (C=O) groups is 1. The molecule has 0 fully saturated rings. The van der Waals surface area contributed by atoms with Crippen LogP contribution in [0.3, 0.4) is 0 Å². The van der Waals surface area contributed by atoms with E-state index in [4.69, 9.17) is 9.84 Å². The normalized spacial score (nSPS) is 10.1. The number of pyridine rings is 1. The minimum atomic E-state index is -1.09. The molecule has 0 bridgehead atoms. The smallest absolute Gasteiger partial charge is 0.337 e. The van der Waals surface area contributed by atoms with Crippen LogP contribution in [0.25, 0.3) is 11.1 Å². The second kappa shape index (κ2) is 4.75. The third kappa shape index (κ3) is 2.24. The molecule has 0 unspecified atom stereocenters. The lowest BCUT2D eigenvalue weighted by molar-refractivity contribution is 0.0696. The van der Waals surface area contributed by atoms with Crippen LogP contribution in [0.1, 0.15) is 10.4 Å². The van der Waals surface area contributed by atoms with E-state index in [9.17, 15) is 9.59 Å². The molecule has 0 atom stereocenters. The third-order valence-electron chi connectivity index (χ3n) is 2.53. The molecule has 1 aromatic heterocycles. The monoisotopic (exact) mass is 245 g/mol. The summed E-state index contributed by atoms with van der Waals surface area (Å²) in [4.78, 5) is 25.0. The van der Waals surface area contributed by atoms with E-state index in [0.29, 0.717) is 16.9 Å². The second-order valence-electron chi connectivity index (χ2n) is 3.67. The lowest BCUT2D eigenvalue weighted by Gasteiger charge is -2.04. The predicted molar refractivity (Wildman–Crippen MR) is 66.0 cm³/mol. The summed E-state index contributed by atoms with van der Waals surface area (Å²) in [6.07, 6.45) is 1.17. The van der Waals surface area contributed by atoms with Gasteiger partial charge in [0.1, 0.15) is 5.75 Å². The maximum Gasteiger partial charge on any atom is 0.337 e. The number of aromatic nitrogens is 1. The summed E-state index contributed by atoms with van der Waals surface area (Å²) in [7, 11) is 1.52. The predicted octanol–water partition coefficient (Wildman–Crippen LogP) is 1.75. The van der Waals surface area contributed by atoms with Gasteiger partial charge in [0, 0.05) is 11.8 Å². The molecule has 2 aromatic rings. The summed E-state index contributed by atoms with van der Waals surface area (Å²) in [6, 6.07) is 8.23. The highest BCUT2D eigenvalue weighted by atomic mass is 16.5. The number of carboxylic acids is 1. The first-order valence-electron chi connectivity index (χ1n) is 5.22. The zero-order valence-corrected chi connectivity index (χ0v) is 9.64. The summed E-state index contributed by atoms with van der Waals surface area (Å²) in [5, 5.41) is 8.90. The fourth-order valence-electron chi connectivity index (χ4n) is 1.61. The first-order valence-corrected chi connectivity index (χ1v) is 5.22. The quantitative estimate of drug-likeness (QED) is 0.863. The summed E-state index contributed by atoms with van der Waals surface area (Å²) in [5.74, 6) is -0.483. The molecule has 1 aromatic carbocycles. The van der Waals surface area contributed by atoms with Gasteiger partial charge in [-0.1, -0.05) is 12.1 Å². The first-order chi connectivity index (χ1) is 8.61. The van der Waals surface area contributed by atoms with E-state index in [-0.39, 0.29) is 11.1 Å². The highest BCUT2D eigenvalue weighted by Crippen LogP contribution is 2.21. The standard InChI is InChI=1S/C13H11NO4/c1-18-10-4-2-3-8(5-10)11-6-9(13(16)17)7-14-12(11)15/h2-7H,1H3,(H,14,15)(H,16,17). The maximum atomic E-state index is 11.7. The van der Waals surface area contributed by atoms with Gasteiger partial charge in [-0.3, -0.25) is 4.79 Å². The summed E-state index contributed by atoms with van der Waals surface area (Å²) in [5.41, 5.74) is 0.605. The molecule has 0 radical (unpaired) electrons. The topological polar surface area (TPSA) is 79.4 Å². The number of hydrogen-bond donors (Lipinski definition) is 2. The Morgan fingerprint density at radius 3 is 2.78 bits per heavy atom. The van der Waals surface area contributed by atoms with Crippen molar-refractivity contribution in [2.75, 3.05) is 7.11 Å². The molecule has 18 heavy (non-hydrogen) atoms. The number of methoxy groups -OCH3 is 1. The molecule has 0 spiro atoms. The van der Waals surface area contributed by atoms with Crippen molar-refractivity contribution in [1.29, 1.82) is 0 Å². The number of ether oxygens (including phenoxy) is 1. The molecule has 0 amide bonds. The minimum Gasteiger partial charge on any atom is -0.497 e. The lowest BCUT2D eigenvalue weighted by atomic mass is 10.1. The molecule has 0 aliphatic rings. The number of aromatic carboxylic acids is 1. The number of benzene rings is 1. The summed E-state index contributed by atoms with van der Waals surface area (Å²) < 4.78 is 5.07. The van der Waals surface area contributed by atoms with E-state index >= 15 is 0 Å². The molecule has 1 heterocycles. The number of nitrogens with one attached hydrogen (secondary N) is 1. The Morgan fingerprint density at radius 2 is 2.11 bits per heavy atom. The lowest BCUT2D eigenvalue weighted by Crippen LogP contribution is -2.11. The van der Waals surface area contributed by atoms with Crippen LogP contribution in [-0.4, -0.2) is 23.2 Å². The first kappa shape index (κ1) is 11.9. The van der Waals surface area contributed by atoms with Crippen molar-refractivity contribution >= 4 is 5.97 Å². The molecule has 0 aliphatic heterocycles. The van der Waals surface area contributed by atoms with Gasteiger partial charge in [0.2, 0.25) is 0 Å². The van der Waals surface area contributed by atoms with Crippen LogP contribution in [0.2, 0.25) is 0 Å². The van der Waals surface area contributed by atoms with E-state index in [0.717, 1.165) is 0 Å². The van der Waals surface area contributed by atoms with Gasteiger partial charge in [0.05, 0.1) is 12.7 Å². The van der Waals surface area contributed by atoms with Crippen molar-refractivity contribution in [3.05, 3.63) is 52.4 Å². The van der Waals surface area contributed by atoms with Crippen LogP contribution in [0.15, 0.2) is 41.3 Å². The van der Waals surface area contributed by atoms with Crippen molar-refractivity contribution in [1.82, 2.24) is 4.98 Å². The van der Waals surface area contributed by atoms with E-state index in [2.05, 4.69) is 4.98 Å². The Morgan fingerprint density at radius 1 is 1.33 bits per heavy atom. The summed E-state index contributed by atoms with van der Waals surface area (Å²) >= 11 is 0. The van der Waals surface area contributed by atoms with Crippen LogP contribution in [0.5, 0.6) is 5.75 Å². The molecular weight excluding hydrogens is 234 g/mol. The van der Waals surface area contributed by atoms with E-state index in [1.807, 2.05) is 0 Å². The fourth-order valence-corrected chi connectivity index (χ4v) is 1.61. The minimum absolute atomic E-state index is 0.0346. The van der Waals surface area contributed by atoms with Gasteiger partial charge in [-0.05, 0) is 23.8 Å². The second-order valence-corrected chi connectivity index (χ2v) is 3.67. The maximum absolute atomic E-state index is 11.7. The van der Waals surface area contributed by atoms with Gasteiger partial charge in [-0.25, -0.2) is 4.79 Å². The number of hydrogen-bond acceptors (Lipinski definition) is 3. The zero-order valence-electron chi connectivity index (χ0n) is 9.64. The van der Waals surface area contributed by atoms with Gasteiger partial charge in [-0.15, -0.1) is 0 Å². The molecule has 2 N–H and O–H groups in total. The fraction of sp³-hybridized carbons (Fsp3) is 0.0769. The highest BCUT2D eigenvalue weighted by Gasteiger charge is 2.09. The molecule has 5 nitrogen and oxygen atoms in total. The van der Waals surface area contributed by atoms with Gasteiger partial charge >= 0.3 is 5.97 Å². The van der Waals surface area contributed by atoms with Crippen molar-refractivity contribution in [3.8, 4) is 16.9 Å². The number of H-pyrrole nitrogens is 1. The Kier molecular flexibility index (Phi) is 3.14. The number of aromatic amines is 1. The molecule has 92 valence electrons. The highest BCUT2D eigenvalue weighted by molar-refractivity contribution is 5.88. The van der Waals surface area contributed by atoms with Crippen molar-refractivity contribution < 1.29 is 14.6 Å². The van der Waals surface area contributed by atoms with E-state index in [1.54, 1.807) is 24.3 Å². The van der Waals surface area contributed by atoms with Crippen molar-refractivity contribution in [3.63, 3.8) is 0 Å². The Balaban J connectivity index is 2.58. The van der Waals surface area contributed by atoms with Crippen molar-refractivity contribution in [2.45, 2.75) is 0 Å². The Labute approximate surface area is 103 Å². The molecule has 0 aliphatic carbocycles. The van der Waals surface area contributed by atoms with Crippen molar-refractivity contribution in [2.24, 2.45) is 0 Å². The van der Waals surface area contributed by atoms with Gasteiger partial charge in [0.25, 0.3) is 5.56 Å². The van der Waals surface area contributed by atoms with Crippen LogP contribution in [-0.2, 0) is 0 Å². The van der Waals surface area contributed by atoms with Gasteiger partial charge < -0.3 is 14.8 Å². The zero-order chi connectivity index (χ0) is 13.1. The average Bonchev–Trinajstić information content (AvgIpc) is 2.39. The van der Waals surface area contributed by atoms with Gasteiger partial charge in [-0.2, -0.15) is 0 Å². The molecule has 2 rings (SSSR count). The molecule has 0 saturated carbocycles. The molecule has 0 saturated heterocycles. The summed E-state index contributed by atoms with van der Waals surface area (Å²) in [6.45, 7) is 0. The molecular formula is C13H11NO4. The SMILES string of the molecule is COc1cccc(-c2cc(C(=O)O)c[nH]c2=O)c1. The van der Waals surface area contributed by atoms with Crippen LogP contribution in [0, 0.1) is 0 Å². The van der Waals surface area contributed by atoms with Gasteiger partial charge in [0.15, 0.2) is 0 Å². The van der Waals surface area contributed by atoms with Crippen LogP contribution >= 0.6 is 0 Å². The number of rotatable bonds is 3. The average molecular weight is 245 g/mol. The largest absolute Gasteiger partial charge is 0.497 e. The van der Waals surface area contributed by atoms with E-state index < -0.39 is 5.97 Å². The van der Waals surface area contributed by atoms with Crippen LogP contribution < -0.4 is 10.3 Å². The third-order valence-corrected chi connectivity index (χ3v) is 2.53. The Hall–Kier alpha value is -2.56. The van der Waals surface area contributed by atoms with Crippen LogP contribution in [0.4, 0.5) is 0 Å².